The number of likely N-dealkylation sites (tertiary alicyclic amines) is 1. The number of carbonyl (C=O) groups excluding carboxylic acids is 1. The van der Waals surface area contributed by atoms with Crippen LogP contribution in [0.5, 0.6) is 5.75 Å². The Balaban J connectivity index is 1.30. The lowest BCUT2D eigenvalue weighted by molar-refractivity contribution is -0.130. The lowest BCUT2D eigenvalue weighted by atomic mass is 10.1. The van der Waals surface area contributed by atoms with E-state index in [1.165, 1.54) is 11.1 Å². The molecular weight excluding hydrogens is 364 g/mol. The van der Waals surface area contributed by atoms with Crippen LogP contribution in [0.3, 0.4) is 0 Å². The van der Waals surface area contributed by atoms with Gasteiger partial charge in [-0.05, 0) is 23.3 Å². The molecule has 1 unspecified atom stereocenters. The zero-order valence-corrected chi connectivity index (χ0v) is 17.1. The second kappa shape index (κ2) is 9.42. The van der Waals surface area contributed by atoms with Gasteiger partial charge in [0.05, 0.1) is 12.7 Å². The topological polar surface area (TPSA) is 42.0 Å². The fourth-order valence-corrected chi connectivity index (χ4v) is 4.13. The van der Waals surface area contributed by atoms with Crippen molar-refractivity contribution in [3.05, 3.63) is 65.7 Å². The average Bonchev–Trinajstić information content (AvgIpc) is 2.76. The molecule has 2 aromatic carbocycles. The van der Waals surface area contributed by atoms with Gasteiger partial charge in [-0.25, -0.2) is 0 Å². The summed E-state index contributed by atoms with van der Waals surface area (Å²) in [5.41, 5.74) is 2.54. The van der Waals surface area contributed by atoms with Crippen LogP contribution in [0.2, 0.25) is 0 Å². The molecular formula is C24H30N2O3. The number of nitrogens with zero attached hydrogens (tertiary/aromatic N) is 2. The van der Waals surface area contributed by atoms with Gasteiger partial charge in [0.25, 0.3) is 0 Å². The number of piperidine rings is 1. The van der Waals surface area contributed by atoms with Crippen molar-refractivity contribution in [2.24, 2.45) is 0 Å². The number of benzene rings is 2. The summed E-state index contributed by atoms with van der Waals surface area (Å²) in [6, 6.07) is 18.9. The average molecular weight is 395 g/mol. The second-order valence-corrected chi connectivity index (χ2v) is 7.97. The Morgan fingerprint density at radius 2 is 1.76 bits per heavy atom. The minimum Gasteiger partial charge on any atom is -0.490 e. The van der Waals surface area contributed by atoms with E-state index >= 15 is 0 Å². The summed E-state index contributed by atoms with van der Waals surface area (Å²) in [6.07, 6.45) is 2.06. The Morgan fingerprint density at radius 3 is 2.45 bits per heavy atom. The Hall–Kier alpha value is -2.37. The van der Waals surface area contributed by atoms with Gasteiger partial charge in [0.15, 0.2) is 0 Å². The van der Waals surface area contributed by atoms with E-state index in [-0.39, 0.29) is 18.1 Å². The molecule has 1 atom stereocenters. The maximum Gasteiger partial charge on any atom is 0.219 e. The normalized spacial score (nSPS) is 21.1. The highest BCUT2D eigenvalue weighted by atomic mass is 16.5. The summed E-state index contributed by atoms with van der Waals surface area (Å²) in [6.45, 7) is 6.78. The van der Waals surface area contributed by atoms with Gasteiger partial charge in [-0.15, -0.1) is 0 Å². The first-order valence-corrected chi connectivity index (χ1v) is 10.6. The van der Waals surface area contributed by atoms with E-state index in [2.05, 4.69) is 47.4 Å². The predicted octanol–water partition coefficient (Wildman–Crippen LogP) is 3.65. The van der Waals surface area contributed by atoms with E-state index in [4.69, 9.17) is 9.47 Å². The zero-order valence-electron chi connectivity index (χ0n) is 17.1. The quantitative estimate of drug-likeness (QED) is 0.776. The van der Waals surface area contributed by atoms with Gasteiger partial charge >= 0.3 is 0 Å². The molecule has 0 spiro atoms. The molecule has 29 heavy (non-hydrogen) atoms. The van der Waals surface area contributed by atoms with Crippen molar-refractivity contribution in [1.82, 2.24) is 9.80 Å². The first-order chi connectivity index (χ1) is 14.2. The van der Waals surface area contributed by atoms with Crippen LogP contribution in [0.25, 0.3) is 0 Å². The van der Waals surface area contributed by atoms with Gasteiger partial charge in [-0.1, -0.05) is 42.5 Å². The number of carbonyl (C=O) groups is 1. The first kappa shape index (κ1) is 19.9. The van der Waals surface area contributed by atoms with Crippen molar-refractivity contribution in [2.45, 2.75) is 38.5 Å². The second-order valence-electron chi connectivity index (χ2n) is 7.97. The van der Waals surface area contributed by atoms with Crippen molar-refractivity contribution in [3.63, 3.8) is 0 Å². The Morgan fingerprint density at radius 1 is 1.03 bits per heavy atom. The smallest absolute Gasteiger partial charge is 0.219 e. The Kier molecular flexibility index (Phi) is 6.47. The maximum absolute atomic E-state index is 11.4. The van der Waals surface area contributed by atoms with Gasteiger partial charge in [0.2, 0.25) is 5.91 Å². The van der Waals surface area contributed by atoms with Gasteiger partial charge in [-0.3, -0.25) is 9.69 Å². The van der Waals surface area contributed by atoms with E-state index in [1.807, 2.05) is 17.0 Å². The highest BCUT2D eigenvalue weighted by Crippen LogP contribution is 2.26. The fraction of sp³-hybridized carbons (Fsp3) is 0.458. The summed E-state index contributed by atoms with van der Waals surface area (Å²) >= 11 is 0. The first-order valence-electron chi connectivity index (χ1n) is 10.6. The summed E-state index contributed by atoms with van der Waals surface area (Å²) in [5.74, 6) is 1.05. The molecule has 0 N–H and O–H groups in total. The molecule has 2 saturated heterocycles. The molecule has 1 amide bonds. The fourth-order valence-electron chi connectivity index (χ4n) is 4.13. The van der Waals surface area contributed by atoms with Crippen LogP contribution in [-0.2, 0) is 16.1 Å². The van der Waals surface area contributed by atoms with Gasteiger partial charge < -0.3 is 14.4 Å². The molecule has 2 heterocycles. The summed E-state index contributed by atoms with van der Waals surface area (Å²) < 4.78 is 12.2. The maximum atomic E-state index is 11.4. The molecule has 0 bridgehead atoms. The highest BCUT2D eigenvalue weighted by molar-refractivity contribution is 5.73. The van der Waals surface area contributed by atoms with Crippen LogP contribution in [0.1, 0.15) is 37.0 Å². The third-order valence-corrected chi connectivity index (χ3v) is 5.84. The summed E-state index contributed by atoms with van der Waals surface area (Å²) in [4.78, 5) is 15.8. The molecule has 2 aliphatic heterocycles. The number of ether oxygens (including phenoxy) is 2. The summed E-state index contributed by atoms with van der Waals surface area (Å²) in [7, 11) is 0. The number of amides is 1. The van der Waals surface area contributed by atoms with E-state index < -0.39 is 0 Å². The molecule has 0 radical (unpaired) electrons. The van der Waals surface area contributed by atoms with Crippen LogP contribution >= 0.6 is 0 Å². The molecule has 2 aliphatic rings. The molecule has 154 valence electrons. The molecule has 0 aliphatic carbocycles. The Labute approximate surface area is 173 Å². The van der Waals surface area contributed by atoms with Crippen LogP contribution in [-0.4, -0.2) is 54.6 Å². The van der Waals surface area contributed by atoms with Crippen molar-refractivity contribution in [2.75, 3.05) is 32.8 Å². The number of hydrogen-bond donors (Lipinski definition) is 0. The molecule has 0 saturated carbocycles. The number of morpholine rings is 1. The molecule has 2 aromatic rings. The van der Waals surface area contributed by atoms with Crippen LogP contribution < -0.4 is 4.74 Å². The minimum absolute atomic E-state index is 0.0975. The Bertz CT molecular complexity index is 786. The lowest BCUT2D eigenvalue weighted by Crippen LogP contribution is -2.40. The molecule has 0 aromatic heterocycles. The predicted molar refractivity (Wildman–Crippen MR) is 113 cm³/mol. The third-order valence-electron chi connectivity index (χ3n) is 5.84. The van der Waals surface area contributed by atoms with Crippen LogP contribution in [0.15, 0.2) is 54.6 Å². The standard InChI is InChI=1S/C24H30N2O3/c1-19(27)26-13-11-23(12-14-26)29-22-9-7-21(8-10-22)24-18-25(15-16-28-24)17-20-5-3-2-4-6-20/h2-10,23-24H,11-18H2,1H3. The van der Waals surface area contributed by atoms with Crippen molar-refractivity contribution >= 4 is 5.91 Å². The summed E-state index contributed by atoms with van der Waals surface area (Å²) in [5, 5.41) is 0. The lowest BCUT2D eigenvalue weighted by Gasteiger charge is -2.33. The van der Waals surface area contributed by atoms with Gasteiger partial charge in [0, 0.05) is 52.5 Å². The van der Waals surface area contributed by atoms with E-state index in [1.54, 1.807) is 6.92 Å². The van der Waals surface area contributed by atoms with E-state index in [0.29, 0.717) is 0 Å². The third kappa shape index (κ3) is 5.37. The largest absolute Gasteiger partial charge is 0.490 e. The monoisotopic (exact) mass is 394 g/mol. The SMILES string of the molecule is CC(=O)N1CCC(Oc2ccc(C3CN(Cc4ccccc4)CCO3)cc2)CC1. The van der Waals surface area contributed by atoms with Crippen LogP contribution in [0.4, 0.5) is 0 Å². The van der Waals surface area contributed by atoms with Gasteiger partial charge in [0.1, 0.15) is 11.9 Å². The molecule has 2 fully saturated rings. The van der Waals surface area contributed by atoms with Crippen LogP contribution in [0, 0.1) is 0 Å². The molecule has 5 nitrogen and oxygen atoms in total. The number of rotatable bonds is 5. The zero-order chi connectivity index (χ0) is 20.1. The van der Waals surface area contributed by atoms with Gasteiger partial charge in [-0.2, -0.15) is 0 Å². The molecule has 5 heteroatoms. The van der Waals surface area contributed by atoms with E-state index in [9.17, 15) is 4.79 Å². The minimum atomic E-state index is 0.0975. The highest BCUT2D eigenvalue weighted by Gasteiger charge is 2.24. The van der Waals surface area contributed by atoms with Crippen molar-refractivity contribution in [3.8, 4) is 5.75 Å². The van der Waals surface area contributed by atoms with Crippen molar-refractivity contribution < 1.29 is 14.3 Å². The molecule has 4 rings (SSSR count). The number of hydrogen-bond acceptors (Lipinski definition) is 4. The van der Waals surface area contributed by atoms with Crippen molar-refractivity contribution in [1.29, 1.82) is 0 Å². The van der Waals surface area contributed by atoms with E-state index in [0.717, 1.165) is 57.9 Å².